The first kappa shape index (κ1) is 37.0. The molecule has 4 fully saturated rings. The Labute approximate surface area is 256 Å². The first-order valence-corrected chi connectivity index (χ1v) is 14.4. The third-order valence-electron chi connectivity index (χ3n) is 8.47. The van der Waals surface area contributed by atoms with Crippen molar-refractivity contribution in [3.8, 4) is 0 Å². The molecule has 0 aromatic carbocycles. The van der Waals surface area contributed by atoms with Crippen molar-refractivity contribution in [2.45, 2.75) is 130 Å². The molecule has 0 saturated carbocycles. The zero-order valence-electron chi connectivity index (χ0n) is 24.0. The highest BCUT2D eigenvalue weighted by Gasteiger charge is 2.55. The Balaban J connectivity index is 1.53. The number of rotatable bonds is 10. The highest BCUT2D eigenvalue weighted by Crippen LogP contribution is 2.34. The quantitative estimate of drug-likeness (QED) is 0.103. The van der Waals surface area contributed by atoms with Gasteiger partial charge in [0.05, 0.1) is 32.5 Å². The van der Waals surface area contributed by atoms with Crippen LogP contribution in [0.4, 0.5) is 0 Å². The van der Waals surface area contributed by atoms with Crippen LogP contribution in [-0.4, -0.2) is 215 Å². The van der Waals surface area contributed by atoms with Gasteiger partial charge in [0, 0.05) is 0 Å². The van der Waals surface area contributed by atoms with Gasteiger partial charge in [-0.2, -0.15) is 0 Å². The molecule has 0 spiro atoms. The van der Waals surface area contributed by atoms with Crippen LogP contribution in [0.5, 0.6) is 0 Å². The number of aliphatic hydroxyl groups excluding tert-OH is 13. The van der Waals surface area contributed by atoms with Crippen LogP contribution in [0.2, 0.25) is 0 Å². The largest absolute Gasteiger partial charge is 0.394 e. The van der Waals surface area contributed by atoms with Gasteiger partial charge in [0.15, 0.2) is 18.9 Å². The third-order valence-corrected chi connectivity index (χ3v) is 8.47. The molecule has 0 amide bonds. The van der Waals surface area contributed by atoms with Crippen LogP contribution >= 0.6 is 0 Å². The predicted molar refractivity (Wildman–Crippen MR) is 137 cm³/mol. The van der Waals surface area contributed by atoms with E-state index in [2.05, 4.69) is 0 Å². The molecule has 0 aliphatic carbocycles. The van der Waals surface area contributed by atoms with E-state index < -0.39 is 149 Å². The molecule has 0 aromatic rings. The molecule has 20 nitrogen and oxygen atoms in total. The molecule has 4 heterocycles. The summed E-state index contributed by atoms with van der Waals surface area (Å²) in [6, 6.07) is 0. The fraction of sp³-hybridized carbons (Fsp3) is 1.00. The Morgan fingerprint density at radius 1 is 0.378 bits per heavy atom. The molecule has 0 bridgehead atoms. The summed E-state index contributed by atoms with van der Waals surface area (Å²) in [7, 11) is 0. The standard InChI is InChI=1S/C25H44O20/c1-6-11(30)20(13(32)8(3-27)39-6)43-24-19(38)22(15(34)10(5-29)41-24)45-25-18(37)21(14(33)9(4-28)42-25)44-23-17(36)16(35)12(31)7(2-26)40-23/h6-38H,2-5H2,1H3/t6-,7?,8?,9?,10?,11?,12+,13+,14+,15+,16?,17?,18?,19?,20?,21?,22?,23-,24-,25-/m0/s1. The van der Waals surface area contributed by atoms with Gasteiger partial charge in [0.25, 0.3) is 0 Å². The molecule has 264 valence electrons. The normalized spacial score (nSPS) is 52.9. The molecule has 4 aliphatic heterocycles. The first-order chi connectivity index (χ1) is 21.3. The van der Waals surface area contributed by atoms with E-state index in [1.807, 2.05) is 0 Å². The molecule has 0 radical (unpaired) electrons. The summed E-state index contributed by atoms with van der Waals surface area (Å²) in [5.41, 5.74) is 0. The SMILES string of the molecule is C[C@@H]1OC(CO)[C@@H](O)C(O[C@@H]2OC(CO)[C@@H](O)C(O[C@@H]3OC(CO)[C@@H](O)C(O[C@@H]4OC(CO)[C@@H](O)C(O)C4O)C3O)C2O)C1O. The van der Waals surface area contributed by atoms with Crippen molar-refractivity contribution in [1.82, 2.24) is 0 Å². The lowest BCUT2D eigenvalue weighted by Crippen LogP contribution is -2.67. The number of aliphatic hydroxyl groups is 13. The Hall–Kier alpha value is -0.800. The van der Waals surface area contributed by atoms with Crippen LogP contribution in [0.15, 0.2) is 0 Å². The van der Waals surface area contributed by atoms with Crippen LogP contribution in [0.25, 0.3) is 0 Å². The van der Waals surface area contributed by atoms with Crippen molar-refractivity contribution in [3.05, 3.63) is 0 Å². The maximum atomic E-state index is 11.1. The fourth-order valence-electron chi connectivity index (χ4n) is 5.73. The van der Waals surface area contributed by atoms with Gasteiger partial charge in [-0.25, -0.2) is 0 Å². The maximum absolute atomic E-state index is 11.1. The van der Waals surface area contributed by atoms with Crippen molar-refractivity contribution in [2.24, 2.45) is 0 Å². The molecule has 20 heteroatoms. The lowest BCUT2D eigenvalue weighted by molar-refractivity contribution is -0.387. The zero-order chi connectivity index (χ0) is 33.3. The summed E-state index contributed by atoms with van der Waals surface area (Å²) < 4.78 is 38.3. The second-order valence-electron chi connectivity index (χ2n) is 11.5. The fourth-order valence-corrected chi connectivity index (χ4v) is 5.73. The minimum Gasteiger partial charge on any atom is -0.394 e. The molecule has 4 rings (SSSR count). The third kappa shape index (κ3) is 7.45. The Morgan fingerprint density at radius 3 is 1.07 bits per heavy atom. The van der Waals surface area contributed by atoms with Gasteiger partial charge < -0.3 is 99.5 Å². The van der Waals surface area contributed by atoms with E-state index in [0.29, 0.717) is 0 Å². The topological polar surface area (TPSA) is 328 Å². The molecule has 45 heavy (non-hydrogen) atoms. The molecule has 20 atom stereocenters. The number of hydrogen-bond donors (Lipinski definition) is 13. The molecular weight excluding hydrogens is 620 g/mol. The summed E-state index contributed by atoms with van der Waals surface area (Å²) >= 11 is 0. The molecule has 12 unspecified atom stereocenters. The second-order valence-corrected chi connectivity index (χ2v) is 11.5. The van der Waals surface area contributed by atoms with Gasteiger partial charge in [0.1, 0.15) is 97.7 Å². The van der Waals surface area contributed by atoms with Gasteiger partial charge in [0.2, 0.25) is 0 Å². The van der Waals surface area contributed by atoms with E-state index in [9.17, 15) is 66.4 Å². The number of hydrogen-bond acceptors (Lipinski definition) is 20. The molecule has 13 N–H and O–H groups in total. The number of ether oxygens (including phenoxy) is 7. The van der Waals surface area contributed by atoms with E-state index in [4.69, 9.17) is 33.2 Å². The molecule has 0 aromatic heterocycles. The van der Waals surface area contributed by atoms with Gasteiger partial charge in [-0.05, 0) is 6.92 Å². The van der Waals surface area contributed by atoms with Crippen molar-refractivity contribution >= 4 is 0 Å². The minimum absolute atomic E-state index is 0.642. The summed E-state index contributed by atoms with van der Waals surface area (Å²) in [4.78, 5) is 0. The van der Waals surface area contributed by atoms with Gasteiger partial charge in [-0.1, -0.05) is 0 Å². The van der Waals surface area contributed by atoms with E-state index in [1.54, 1.807) is 0 Å². The van der Waals surface area contributed by atoms with Crippen LogP contribution < -0.4 is 0 Å². The van der Waals surface area contributed by atoms with E-state index in [-0.39, 0.29) is 0 Å². The van der Waals surface area contributed by atoms with Gasteiger partial charge in [-0.3, -0.25) is 0 Å². The van der Waals surface area contributed by atoms with Crippen LogP contribution in [0.1, 0.15) is 6.92 Å². The average Bonchev–Trinajstić information content (AvgIpc) is 3.02. The smallest absolute Gasteiger partial charge is 0.187 e. The van der Waals surface area contributed by atoms with Gasteiger partial charge >= 0.3 is 0 Å². The zero-order valence-corrected chi connectivity index (χ0v) is 24.0. The summed E-state index contributed by atoms with van der Waals surface area (Å²) in [5.74, 6) is 0. The van der Waals surface area contributed by atoms with E-state index in [0.717, 1.165) is 0 Å². The Kier molecular flexibility index (Phi) is 12.8. The van der Waals surface area contributed by atoms with Crippen molar-refractivity contribution in [2.75, 3.05) is 26.4 Å². The van der Waals surface area contributed by atoms with Crippen molar-refractivity contribution in [1.29, 1.82) is 0 Å². The van der Waals surface area contributed by atoms with Crippen LogP contribution in [-0.2, 0) is 33.2 Å². The second kappa shape index (κ2) is 15.6. The summed E-state index contributed by atoms with van der Waals surface area (Å²) in [6.07, 6.45) is -33.4. The molecule has 4 saturated heterocycles. The minimum atomic E-state index is -2.02. The van der Waals surface area contributed by atoms with Crippen LogP contribution in [0, 0.1) is 0 Å². The van der Waals surface area contributed by atoms with E-state index in [1.165, 1.54) is 6.92 Å². The average molecular weight is 665 g/mol. The maximum Gasteiger partial charge on any atom is 0.187 e. The molecule has 4 aliphatic rings. The van der Waals surface area contributed by atoms with Crippen molar-refractivity contribution in [3.63, 3.8) is 0 Å². The highest BCUT2D eigenvalue weighted by molar-refractivity contribution is 4.98. The predicted octanol–water partition coefficient (Wildman–Crippen LogP) is -8.68. The monoisotopic (exact) mass is 664 g/mol. The van der Waals surface area contributed by atoms with E-state index >= 15 is 0 Å². The molecular formula is C25H44O20. The summed E-state index contributed by atoms with van der Waals surface area (Å²) in [5, 5.41) is 134. The van der Waals surface area contributed by atoms with Crippen molar-refractivity contribution < 1.29 is 99.5 Å². The van der Waals surface area contributed by atoms with Crippen LogP contribution in [0.3, 0.4) is 0 Å². The van der Waals surface area contributed by atoms with Gasteiger partial charge in [-0.15, -0.1) is 0 Å². The first-order valence-electron chi connectivity index (χ1n) is 14.4. The summed E-state index contributed by atoms with van der Waals surface area (Å²) in [6.45, 7) is -1.73. The lowest BCUT2D eigenvalue weighted by atomic mass is 9.94. The Morgan fingerprint density at radius 2 is 0.689 bits per heavy atom. The Bertz CT molecular complexity index is 916. The highest BCUT2D eigenvalue weighted by atomic mass is 16.8. The lowest BCUT2D eigenvalue weighted by Gasteiger charge is -2.49.